The lowest BCUT2D eigenvalue weighted by atomic mass is 9.84. The molecular weight excluding hydrogens is 348 g/mol. The van der Waals surface area contributed by atoms with Crippen molar-refractivity contribution in [2.75, 3.05) is 19.7 Å². The number of benzene rings is 1. The molecule has 1 atom stereocenters. The maximum atomic E-state index is 12.6. The van der Waals surface area contributed by atoms with Crippen LogP contribution in [-0.2, 0) is 16.1 Å². The molecule has 1 amide bonds. The monoisotopic (exact) mass is 372 g/mol. The number of hydrogen-bond donors (Lipinski definition) is 0. The second-order valence-corrected chi connectivity index (χ2v) is 8.41. The van der Waals surface area contributed by atoms with Crippen LogP contribution in [0.15, 0.2) is 29.6 Å². The Morgan fingerprint density at radius 2 is 2.27 bits per heavy atom. The molecule has 2 aromatic rings. The highest BCUT2D eigenvalue weighted by molar-refractivity contribution is 7.09. The van der Waals surface area contributed by atoms with Crippen molar-refractivity contribution in [1.82, 2.24) is 9.88 Å². The van der Waals surface area contributed by atoms with Crippen LogP contribution in [0.4, 0.5) is 0 Å². The van der Waals surface area contributed by atoms with Crippen molar-refractivity contribution in [3.8, 4) is 0 Å². The Hall–Kier alpha value is -1.76. The molecule has 0 saturated carbocycles. The van der Waals surface area contributed by atoms with Gasteiger partial charge in [0.2, 0.25) is 0 Å². The smallest absolute Gasteiger partial charge is 0.254 e. The van der Waals surface area contributed by atoms with Crippen LogP contribution in [0.1, 0.15) is 39.5 Å². The zero-order valence-corrected chi connectivity index (χ0v) is 16.1. The number of aryl methyl sites for hydroxylation is 2. The van der Waals surface area contributed by atoms with Gasteiger partial charge in [0.25, 0.3) is 5.91 Å². The van der Waals surface area contributed by atoms with E-state index in [1.165, 1.54) is 0 Å². The first-order valence-corrected chi connectivity index (χ1v) is 9.93. The van der Waals surface area contributed by atoms with E-state index in [0.29, 0.717) is 26.3 Å². The number of likely N-dealkylation sites (tertiary alicyclic amines) is 1. The Morgan fingerprint density at radius 1 is 1.42 bits per heavy atom. The van der Waals surface area contributed by atoms with E-state index < -0.39 is 0 Å². The van der Waals surface area contributed by atoms with Gasteiger partial charge in [0.15, 0.2) is 0 Å². The fourth-order valence-electron chi connectivity index (χ4n) is 3.78. The second-order valence-electron chi connectivity index (χ2n) is 7.35. The van der Waals surface area contributed by atoms with Gasteiger partial charge in [0.05, 0.1) is 36.5 Å². The number of aromatic nitrogens is 1. The lowest BCUT2D eigenvalue weighted by Gasteiger charge is -2.53. The zero-order chi connectivity index (χ0) is 18.1. The number of nitrogens with zero attached hydrogens (tertiary/aromatic N) is 2. The minimum Gasteiger partial charge on any atom is -0.372 e. The summed E-state index contributed by atoms with van der Waals surface area (Å²) in [6.07, 6.45) is 1.91. The van der Waals surface area contributed by atoms with Gasteiger partial charge in [-0.2, -0.15) is 0 Å². The van der Waals surface area contributed by atoms with Crippen molar-refractivity contribution in [1.29, 1.82) is 0 Å². The van der Waals surface area contributed by atoms with Gasteiger partial charge in [0, 0.05) is 24.0 Å². The molecule has 2 aliphatic rings. The quantitative estimate of drug-likeness (QED) is 0.826. The maximum Gasteiger partial charge on any atom is 0.254 e. The van der Waals surface area contributed by atoms with Gasteiger partial charge in [0.1, 0.15) is 5.60 Å². The molecule has 1 aromatic heterocycles. The first-order chi connectivity index (χ1) is 12.5. The SMILES string of the molecule is Cc1cccc(C(=O)N2CC3(CC(OCc4csc(C)n4)CCO3)C2)c1. The molecule has 4 rings (SSSR count). The first-order valence-electron chi connectivity index (χ1n) is 9.06. The van der Waals surface area contributed by atoms with Crippen LogP contribution in [0, 0.1) is 13.8 Å². The summed E-state index contributed by atoms with van der Waals surface area (Å²) in [7, 11) is 0. The number of hydrogen-bond acceptors (Lipinski definition) is 5. The van der Waals surface area contributed by atoms with Crippen molar-refractivity contribution in [2.45, 2.75) is 45.0 Å². The van der Waals surface area contributed by atoms with Gasteiger partial charge < -0.3 is 14.4 Å². The summed E-state index contributed by atoms with van der Waals surface area (Å²) in [4.78, 5) is 19.0. The van der Waals surface area contributed by atoms with E-state index in [1.54, 1.807) is 11.3 Å². The van der Waals surface area contributed by atoms with Crippen LogP contribution >= 0.6 is 11.3 Å². The Morgan fingerprint density at radius 3 is 3.00 bits per heavy atom. The fraction of sp³-hybridized carbons (Fsp3) is 0.500. The molecule has 138 valence electrons. The third-order valence-corrected chi connectivity index (χ3v) is 5.91. The maximum absolute atomic E-state index is 12.6. The molecule has 1 aromatic carbocycles. The van der Waals surface area contributed by atoms with Crippen LogP contribution in [0.2, 0.25) is 0 Å². The lowest BCUT2D eigenvalue weighted by molar-refractivity contribution is -0.188. The van der Waals surface area contributed by atoms with Gasteiger partial charge in [-0.15, -0.1) is 11.3 Å². The third-order valence-electron chi connectivity index (χ3n) is 5.09. The number of carbonyl (C=O) groups excluding carboxylic acids is 1. The Balaban J connectivity index is 1.32. The molecule has 3 heterocycles. The summed E-state index contributed by atoms with van der Waals surface area (Å²) in [6.45, 7) is 6.55. The average Bonchev–Trinajstić information content (AvgIpc) is 3.03. The highest BCUT2D eigenvalue weighted by atomic mass is 32.1. The van der Waals surface area contributed by atoms with Gasteiger partial charge >= 0.3 is 0 Å². The average molecular weight is 372 g/mol. The Bertz CT molecular complexity index is 798. The van der Waals surface area contributed by atoms with E-state index in [9.17, 15) is 4.79 Å². The van der Waals surface area contributed by atoms with Crippen molar-refractivity contribution in [2.24, 2.45) is 0 Å². The van der Waals surface area contributed by atoms with Crippen molar-refractivity contribution < 1.29 is 14.3 Å². The first kappa shape index (κ1) is 17.6. The number of carbonyl (C=O) groups is 1. The Labute approximate surface area is 157 Å². The van der Waals surface area contributed by atoms with Gasteiger partial charge in [-0.05, 0) is 32.4 Å². The molecule has 26 heavy (non-hydrogen) atoms. The van der Waals surface area contributed by atoms with Crippen LogP contribution in [0.3, 0.4) is 0 Å². The van der Waals surface area contributed by atoms with E-state index in [0.717, 1.165) is 34.7 Å². The molecule has 0 N–H and O–H groups in total. The van der Waals surface area contributed by atoms with E-state index >= 15 is 0 Å². The molecular formula is C20H24N2O3S. The van der Waals surface area contributed by atoms with Gasteiger partial charge in [-0.25, -0.2) is 4.98 Å². The van der Waals surface area contributed by atoms with Crippen LogP contribution in [0.5, 0.6) is 0 Å². The normalized spacial score (nSPS) is 21.6. The highest BCUT2D eigenvalue weighted by Gasteiger charge is 2.49. The highest BCUT2D eigenvalue weighted by Crippen LogP contribution is 2.36. The topological polar surface area (TPSA) is 51.7 Å². The Kier molecular flexibility index (Phi) is 4.82. The summed E-state index contributed by atoms with van der Waals surface area (Å²) in [5.41, 5.74) is 2.62. The van der Waals surface area contributed by atoms with E-state index in [4.69, 9.17) is 9.47 Å². The van der Waals surface area contributed by atoms with Crippen LogP contribution in [0.25, 0.3) is 0 Å². The minimum absolute atomic E-state index is 0.0870. The molecule has 0 aliphatic carbocycles. The predicted octanol–water partition coefficient (Wildman–Crippen LogP) is 3.35. The second kappa shape index (κ2) is 7.10. The number of rotatable bonds is 4. The van der Waals surface area contributed by atoms with Crippen molar-refractivity contribution in [3.05, 3.63) is 51.5 Å². The molecule has 1 spiro atoms. The molecule has 2 fully saturated rings. The van der Waals surface area contributed by atoms with E-state index in [1.807, 2.05) is 43.0 Å². The van der Waals surface area contributed by atoms with Crippen LogP contribution in [-0.4, -0.2) is 47.2 Å². The number of amides is 1. The summed E-state index contributed by atoms with van der Waals surface area (Å²) in [5, 5.41) is 3.12. The molecule has 0 radical (unpaired) electrons. The molecule has 2 saturated heterocycles. The largest absolute Gasteiger partial charge is 0.372 e. The third kappa shape index (κ3) is 3.68. The van der Waals surface area contributed by atoms with Crippen LogP contribution < -0.4 is 0 Å². The molecule has 5 nitrogen and oxygen atoms in total. The summed E-state index contributed by atoms with van der Waals surface area (Å²) < 4.78 is 12.1. The van der Waals surface area contributed by atoms with E-state index in [2.05, 4.69) is 10.4 Å². The fourth-order valence-corrected chi connectivity index (χ4v) is 4.37. The van der Waals surface area contributed by atoms with Crippen molar-refractivity contribution in [3.63, 3.8) is 0 Å². The molecule has 6 heteroatoms. The van der Waals surface area contributed by atoms with Gasteiger partial charge in [-0.1, -0.05) is 17.7 Å². The molecule has 0 bridgehead atoms. The van der Waals surface area contributed by atoms with Gasteiger partial charge in [-0.3, -0.25) is 4.79 Å². The summed E-state index contributed by atoms with van der Waals surface area (Å²) in [6, 6.07) is 7.75. The standard InChI is InChI=1S/C20H24N2O3S/c1-14-4-3-5-16(8-14)19(23)22-12-20(13-22)9-18(6-7-25-20)24-10-17-11-26-15(2)21-17/h3-5,8,11,18H,6-7,9-10,12-13H2,1-2H3. The summed E-state index contributed by atoms with van der Waals surface area (Å²) >= 11 is 1.65. The number of thiazole rings is 1. The summed E-state index contributed by atoms with van der Waals surface area (Å²) in [5.74, 6) is 0.0870. The number of ether oxygens (including phenoxy) is 2. The zero-order valence-electron chi connectivity index (χ0n) is 15.2. The van der Waals surface area contributed by atoms with E-state index in [-0.39, 0.29) is 17.6 Å². The van der Waals surface area contributed by atoms with Crippen molar-refractivity contribution >= 4 is 17.2 Å². The molecule has 2 aliphatic heterocycles. The predicted molar refractivity (Wildman–Crippen MR) is 100 cm³/mol. The minimum atomic E-state index is -0.236. The molecule has 1 unspecified atom stereocenters. The lowest BCUT2D eigenvalue weighted by Crippen LogP contribution is -2.67.